The summed E-state index contributed by atoms with van der Waals surface area (Å²) < 4.78 is 35.7. The number of hydrogen-bond acceptors (Lipinski definition) is 7. The number of ether oxygens (including phenoxy) is 1. The summed E-state index contributed by atoms with van der Waals surface area (Å²) in [6, 6.07) is 6.65. The van der Waals surface area contributed by atoms with Gasteiger partial charge in [0, 0.05) is 67.3 Å². The molecule has 41 heavy (non-hydrogen) atoms. The van der Waals surface area contributed by atoms with Gasteiger partial charge in [0.15, 0.2) is 0 Å². The average molecular weight is 565 g/mol. The predicted molar refractivity (Wildman–Crippen MR) is 158 cm³/mol. The Bertz CT molecular complexity index is 1400. The molecule has 1 aromatic heterocycles. The second-order valence-electron chi connectivity index (χ2n) is 11.4. The average Bonchev–Trinajstić information content (AvgIpc) is 2.95. The Morgan fingerprint density at radius 2 is 1.59 bits per heavy atom. The van der Waals surface area contributed by atoms with E-state index in [-0.39, 0.29) is 29.6 Å². The third-order valence-electron chi connectivity index (χ3n) is 8.21. The highest BCUT2D eigenvalue weighted by Gasteiger charge is 2.29. The number of carbonyl (C=O) groups excluding carboxylic acids is 1. The van der Waals surface area contributed by atoms with E-state index in [1.165, 1.54) is 18.2 Å². The van der Waals surface area contributed by atoms with Crippen molar-refractivity contribution >= 4 is 23.2 Å². The van der Waals surface area contributed by atoms with Gasteiger partial charge in [-0.25, -0.2) is 18.7 Å². The van der Waals surface area contributed by atoms with Crippen LogP contribution in [-0.2, 0) is 4.74 Å². The van der Waals surface area contributed by atoms with Gasteiger partial charge in [-0.2, -0.15) is 0 Å². The van der Waals surface area contributed by atoms with Crippen LogP contribution in [0.4, 0.5) is 26.1 Å². The summed E-state index contributed by atoms with van der Waals surface area (Å²) in [4.78, 5) is 28.9. The first-order chi connectivity index (χ1) is 19.5. The predicted octanol–water partition coefficient (Wildman–Crippen LogP) is 5.04. The Morgan fingerprint density at radius 1 is 0.951 bits per heavy atom. The van der Waals surface area contributed by atoms with Gasteiger partial charge in [-0.15, -0.1) is 0 Å². The molecule has 2 saturated heterocycles. The Balaban J connectivity index is 1.51. The molecule has 2 aliphatic heterocycles. The molecule has 1 N–H and O–H groups in total. The lowest BCUT2D eigenvalue weighted by atomic mass is 10.0. The van der Waals surface area contributed by atoms with Crippen molar-refractivity contribution in [1.29, 1.82) is 0 Å². The first-order valence-electron chi connectivity index (χ1n) is 14.1. The molecule has 0 saturated carbocycles. The topological polar surface area (TPSA) is 73.8 Å². The molecule has 0 spiro atoms. The van der Waals surface area contributed by atoms with Gasteiger partial charge in [0.1, 0.15) is 11.6 Å². The molecule has 2 aliphatic rings. The molecular weight excluding hydrogens is 526 g/mol. The maximum Gasteiger partial charge on any atom is 0.255 e. The molecule has 3 aromatic rings. The van der Waals surface area contributed by atoms with E-state index in [0.29, 0.717) is 72.4 Å². The number of anilines is 3. The Labute approximate surface area is 240 Å². The molecule has 1 amide bonds. The number of carbonyl (C=O) groups is 1. The zero-order chi connectivity index (χ0) is 29.4. The third-order valence-corrected chi connectivity index (χ3v) is 8.21. The molecule has 10 heteroatoms. The van der Waals surface area contributed by atoms with Gasteiger partial charge >= 0.3 is 0 Å². The van der Waals surface area contributed by atoms with Crippen molar-refractivity contribution < 1.29 is 18.3 Å². The number of hydrogen-bond donors (Lipinski definition) is 1. The molecule has 5 rings (SSSR count). The number of nitrogens with one attached hydrogen (secondary N) is 1. The molecule has 0 bridgehead atoms. The smallest absolute Gasteiger partial charge is 0.255 e. The van der Waals surface area contributed by atoms with Crippen LogP contribution in [0.25, 0.3) is 11.1 Å². The summed E-state index contributed by atoms with van der Waals surface area (Å²) in [7, 11) is 2.08. The lowest BCUT2D eigenvalue weighted by Crippen LogP contribution is -2.55. The van der Waals surface area contributed by atoms with Gasteiger partial charge in [0.05, 0.1) is 24.1 Å². The fourth-order valence-electron chi connectivity index (χ4n) is 5.64. The minimum absolute atomic E-state index is 0.0804. The highest BCUT2D eigenvalue weighted by atomic mass is 19.1. The Kier molecular flexibility index (Phi) is 8.24. The fourth-order valence-corrected chi connectivity index (χ4v) is 5.64. The standard InChI is InChI=1S/C31H38F2N6O2/c1-18-9-23(10-19(2)29(18)33)30(40)36-27-11-25(24-13-34-31(35-14-24)38-7-8-41-22(5)17-38)26(32)12-28(27)39-15-20(3)37(6)21(4)16-39/h9-14,20-22H,7-8,15-17H2,1-6H3,(H,36,40)/t20-,21+,22-/m0/s1. The molecule has 0 radical (unpaired) electrons. The molecule has 218 valence electrons. The number of nitrogens with zero attached hydrogens (tertiary/aromatic N) is 5. The summed E-state index contributed by atoms with van der Waals surface area (Å²) in [6.07, 6.45) is 3.30. The number of halogens is 2. The van der Waals surface area contributed by atoms with Crippen LogP contribution in [0.2, 0.25) is 0 Å². The second-order valence-corrected chi connectivity index (χ2v) is 11.4. The van der Waals surface area contributed by atoms with E-state index < -0.39 is 11.7 Å². The molecule has 0 unspecified atom stereocenters. The van der Waals surface area contributed by atoms with Crippen LogP contribution in [-0.4, -0.2) is 78.8 Å². The van der Waals surface area contributed by atoms with Crippen LogP contribution in [0.1, 0.15) is 42.3 Å². The minimum Gasteiger partial charge on any atom is -0.375 e. The van der Waals surface area contributed by atoms with E-state index >= 15 is 4.39 Å². The Hall–Kier alpha value is -3.63. The van der Waals surface area contributed by atoms with Gasteiger partial charge in [0.25, 0.3) is 5.91 Å². The zero-order valence-corrected chi connectivity index (χ0v) is 24.5. The summed E-state index contributed by atoms with van der Waals surface area (Å²) in [5.74, 6) is -0.584. The second kappa shape index (κ2) is 11.7. The first-order valence-corrected chi connectivity index (χ1v) is 14.1. The summed E-state index contributed by atoms with van der Waals surface area (Å²) >= 11 is 0. The lowest BCUT2D eigenvalue weighted by molar-refractivity contribution is 0.0526. The number of aromatic nitrogens is 2. The maximum atomic E-state index is 15.8. The summed E-state index contributed by atoms with van der Waals surface area (Å²) in [5, 5.41) is 3.00. The van der Waals surface area contributed by atoms with Gasteiger partial charge in [0.2, 0.25) is 5.95 Å². The summed E-state index contributed by atoms with van der Waals surface area (Å²) in [6.45, 7) is 12.8. The van der Waals surface area contributed by atoms with Crippen molar-refractivity contribution in [3.63, 3.8) is 0 Å². The number of piperazine rings is 1. The number of morpholine rings is 1. The van der Waals surface area contributed by atoms with Crippen LogP contribution in [0.15, 0.2) is 36.7 Å². The van der Waals surface area contributed by atoms with E-state index in [1.807, 2.05) is 11.8 Å². The quantitative estimate of drug-likeness (QED) is 0.465. The molecule has 2 fully saturated rings. The minimum atomic E-state index is -0.429. The largest absolute Gasteiger partial charge is 0.375 e. The van der Waals surface area contributed by atoms with Crippen molar-refractivity contribution in [2.75, 3.05) is 55.0 Å². The van der Waals surface area contributed by atoms with E-state index in [0.717, 1.165) is 0 Å². The summed E-state index contributed by atoms with van der Waals surface area (Å²) in [5.41, 5.74) is 2.98. The highest BCUT2D eigenvalue weighted by Crippen LogP contribution is 2.36. The van der Waals surface area contributed by atoms with Gasteiger partial charge in [-0.3, -0.25) is 9.69 Å². The SMILES string of the molecule is Cc1cc(C(=O)Nc2cc(-c3cnc(N4CCO[C@@H](C)C4)nc3)c(F)cc2N2C[C@@H](C)N(C)[C@@H](C)C2)cc(C)c1F. The molecular formula is C31H38F2N6O2. The molecule has 3 atom stereocenters. The van der Waals surface area contributed by atoms with Gasteiger partial charge in [-0.1, -0.05) is 0 Å². The van der Waals surface area contributed by atoms with Crippen LogP contribution in [0, 0.1) is 25.5 Å². The molecule has 3 heterocycles. The highest BCUT2D eigenvalue weighted by molar-refractivity contribution is 6.06. The maximum absolute atomic E-state index is 15.8. The normalized spacial score (nSPS) is 21.7. The number of aryl methyl sites for hydroxylation is 2. The number of amides is 1. The van der Waals surface area contributed by atoms with Crippen molar-refractivity contribution in [1.82, 2.24) is 14.9 Å². The van der Waals surface area contributed by atoms with Crippen molar-refractivity contribution in [3.05, 3.63) is 65.0 Å². The number of likely N-dealkylation sites (N-methyl/N-ethyl adjacent to an activating group) is 1. The van der Waals surface area contributed by atoms with Gasteiger partial charge in [-0.05, 0) is 77.1 Å². The molecule has 2 aromatic carbocycles. The van der Waals surface area contributed by atoms with Crippen LogP contribution < -0.4 is 15.1 Å². The van der Waals surface area contributed by atoms with E-state index in [1.54, 1.807) is 32.3 Å². The first kappa shape index (κ1) is 28.9. The van der Waals surface area contributed by atoms with E-state index in [4.69, 9.17) is 4.74 Å². The third kappa shape index (κ3) is 6.04. The van der Waals surface area contributed by atoms with Crippen LogP contribution in [0.3, 0.4) is 0 Å². The zero-order valence-electron chi connectivity index (χ0n) is 24.5. The van der Waals surface area contributed by atoms with E-state index in [2.05, 4.69) is 46.0 Å². The number of benzene rings is 2. The molecule has 0 aliphatic carbocycles. The number of rotatable bonds is 5. The molecule has 8 nitrogen and oxygen atoms in total. The van der Waals surface area contributed by atoms with Crippen molar-refractivity contribution in [3.8, 4) is 11.1 Å². The lowest BCUT2D eigenvalue weighted by Gasteiger charge is -2.44. The van der Waals surface area contributed by atoms with Crippen LogP contribution >= 0.6 is 0 Å². The van der Waals surface area contributed by atoms with Crippen molar-refractivity contribution in [2.24, 2.45) is 0 Å². The van der Waals surface area contributed by atoms with E-state index in [9.17, 15) is 9.18 Å². The Morgan fingerprint density at radius 3 is 2.20 bits per heavy atom. The monoisotopic (exact) mass is 564 g/mol. The van der Waals surface area contributed by atoms with Gasteiger partial charge < -0.3 is 19.9 Å². The van der Waals surface area contributed by atoms with Crippen LogP contribution in [0.5, 0.6) is 0 Å². The van der Waals surface area contributed by atoms with Crippen molar-refractivity contribution in [2.45, 2.75) is 52.8 Å². The fraction of sp³-hybridized carbons (Fsp3) is 0.452.